The summed E-state index contributed by atoms with van der Waals surface area (Å²) in [5.41, 5.74) is 4.35. The van der Waals surface area contributed by atoms with Gasteiger partial charge in [-0.15, -0.1) is 11.3 Å². The zero-order valence-electron chi connectivity index (χ0n) is 21.5. The summed E-state index contributed by atoms with van der Waals surface area (Å²) in [6, 6.07) is 11.4. The lowest BCUT2D eigenvalue weighted by atomic mass is 9.97. The van der Waals surface area contributed by atoms with Crippen LogP contribution in [0.2, 0.25) is 5.02 Å². The van der Waals surface area contributed by atoms with Crippen molar-refractivity contribution in [1.29, 1.82) is 0 Å². The molecule has 1 amide bonds. The molecule has 1 N–H and O–H groups in total. The summed E-state index contributed by atoms with van der Waals surface area (Å²) in [5, 5.41) is 12.7. The highest BCUT2D eigenvalue weighted by Crippen LogP contribution is 2.37. The average Bonchev–Trinajstić information content (AvgIpc) is 3.43. The molecule has 0 atom stereocenters. The fourth-order valence-corrected chi connectivity index (χ4v) is 6.16. The number of hydrogen-bond acceptors (Lipinski definition) is 6. The van der Waals surface area contributed by atoms with Gasteiger partial charge in [-0.1, -0.05) is 17.7 Å². The number of amides is 1. The molecular formula is C29H32ClN3O4S. The zero-order valence-corrected chi connectivity index (χ0v) is 23.1. The quantitative estimate of drug-likeness (QED) is 0.371. The summed E-state index contributed by atoms with van der Waals surface area (Å²) in [5.74, 6) is -0.210. The SMILES string of the molecule is Cc1cc(C(=O)N2CCCCC2)ccc1COc1ccc(Cl)cc1-c1csc(N2CCC(C(=O)O)CC2)n1. The molecule has 5 rings (SSSR count). The Labute approximate surface area is 232 Å². The predicted molar refractivity (Wildman–Crippen MR) is 150 cm³/mol. The minimum Gasteiger partial charge on any atom is -0.488 e. The molecule has 0 bridgehead atoms. The number of hydrogen-bond donors (Lipinski definition) is 1. The van der Waals surface area contributed by atoms with E-state index in [2.05, 4.69) is 4.90 Å². The lowest BCUT2D eigenvalue weighted by molar-refractivity contribution is -0.142. The Bertz CT molecular complexity index is 1310. The minimum atomic E-state index is -0.719. The molecule has 2 aliphatic rings. The maximum Gasteiger partial charge on any atom is 0.306 e. The number of carboxylic acid groups (broad SMARTS) is 1. The van der Waals surface area contributed by atoms with Crippen LogP contribution in [0.1, 0.15) is 53.6 Å². The van der Waals surface area contributed by atoms with Gasteiger partial charge in [0.2, 0.25) is 0 Å². The van der Waals surface area contributed by atoms with Crippen molar-refractivity contribution in [2.24, 2.45) is 5.92 Å². The Kier molecular flexibility index (Phi) is 8.19. The van der Waals surface area contributed by atoms with Crippen LogP contribution in [0.15, 0.2) is 41.8 Å². The standard InChI is InChI=1S/C29H32ClN3O4S/c1-19-15-21(27(34)32-11-3-2-4-12-32)5-6-22(19)17-37-26-8-7-23(30)16-24(26)25-18-38-29(31-25)33-13-9-20(10-14-33)28(35)36/h5-8,15-16,18,20H,2-4,9-14,17H2,1H3,(H,35,36). The van der Waals surface area contributed by atoms with Gasteiger partial charge >= 0.3 is 5.97 Å². The van der Waals surface area contributed by atoms with E-state index in [1.807, 2.05) is 47.5 Å². The number of aliphatic carboxylic acids is 1. The highest BCUT2D eigenvalue weighted by atomic mass is 35.5. The summed E-state index contributed by atoms with van der Waals surface area (Å²) >= 11 is 7.88. The Balaban J connectivity index is 1.28. The van der Waals surface area contributed by atoms with Gasteiger partial charge in [0.05, 0.1) is 11.6 Å². The van der Waals surface area contributed by atoms with Crippen LogP contribution < -0.4 is 9.64 Å². The molecule has 0 unspecified atom stereocenters. The first-order valence-electron chi connectivity index (χ1n) is 13.1. The molecule has 2 aromatic carbocycles. The number of aryl methyl sites for hydroxylation is 1. The number of halogens is 1. The van der Waals surface area contributed by atoms with Gasteiger partial charge in [-0.2, -0.15) is 0 Å². The molecular weight excluding hydrogens is 522 g/mol. The number of aromatic nitrogens is 1. The van der Waals surface area contributed by atoms with Crippen molar-refractivity contribution >= 4 is 39.9 Å². The van der Waals surface area contributed by atoms with Crippen LogP contribution in [0.5, 0.6) is 5.75 Å². The summed E-state index contributed by atoms with van der Waals surface area (Å²) in [4.78, 5) is 33.1. The van der Waals surface area contributed by atoms with Crippen LogP contribution in [0.3, 0.4) is 0 Å². The van der Waals surface area contributed by atoms with E-state index in [1.54, 1.807) is 17.4 Å². The fourth-order valence-electron chi connectivity index (χ4n) is 5.11. The molecule has 0 spiro atoms. The first-order valence-corrected chi connectivity index (χ1v) is 14.4. The molecule has 1 aromatic heterocycles. The van der Waals surface area contributed by atoms with Gasteiger partial charge in [0.15, 0.2) is 5.13 Å². The third kappa shape index (κ3) is 5.97. The molecule has 2 saturated heterocycles. The number of ether oxygens (including phenoxy) is 1. The van der Waals surface area contributed by atoms with E-state index in [9.17, 15) is 14.7 Å². The van der Waals surface area contributed by atoms with Gasteiger partial charge in [-0.05, 0) is 80.5 Å². The van der Waals surface area contributed by atoms with Crippen LogP contribution >= 0.6 is 22.9 Å². The highest BCUT2D eigenvalue weighted by molar-refractivity contribution is 7.14. The van der Waals surface area contributed by atoms with Crippen molar-refractivity contribution in [3.05, 3.63) is 63.5 Å². The van der Waals surface area contributed by atoms with E-state index >= 15 is 0 Å². The topological polar surface area (TPSA) is 83.0 Å². The van der Waals surface area contributed by atoms with Gasteiger partial charge < -0.3 is 19.6 Å². The first kappa shape index (κ1) is 26.5. The molecule has 2 aliphatic heterocycles. The molecule has 0 saturated carbocycles. The first-order chi connectivity index (χ1) is 18.4. The van der Waals surface area contributed by atoms with Crippen molar-refractivity contribution < 1.29 is 19.4 Å². The molecule has 0 aliphatic carbocycles. The summed E-state index contributed by atoms with van der Waals surface area (Å²) in [7, 11) is 0. The highest BCUT2D eigenvalue weighted by Gasteiger charge is 2.26. The number of thiazole rings is 1. The zero-order chi connectivity index (χ0) is 26.6. The van der Waals surface area contributed by atoms with E-state index in [4.69, 9.17) is 21.3 Å². The number of anilines is 1. The molecule has 0 radical (unpaired) electrons. The number of piperidine rings is 2. The van der Waals surface area contributed by atoms with Crippen molar-refractivity contribution in [1.82, 2.24) is 9.88 Å². The molecule has 3 aromatic rings. The molecule has 7 nitrogen and oxygen atoms in total. The van der Waals surface area contributed by atoms with Crippen molar-refractivity contribution in [2.45, 2.75) is 45.6 Å². The smallest absolute Gasteiger partial charge is 0.306 e. The second-order valence-electron chi connectivity index (χ2n) is 10.0. The Morgan fingerprint density at radius 1 is 1.08 bits per heavy atom. The number of carboxylic acids is 1. The summed E-state index contributed by atoms with van der Waals surface area (Å²) < 4.78 is 6.26. The maximum atomic E-state index is 12.9. The Morgan fingerprint density at radius 2 is 1.84 bits per heavy atom. The third-order valence-corrected chi connectivity index (χ3v) is 8.58. The van der Waals surface area contributed by atoms with Gasteiger partial charge in [0.25, 0.3) is 5.91 Å². The summed E-state index contributed by atoms with van der Waals surface area (Å²) in [6.07, 6.45) is 4.59. The minimum absolute atomic E-state index is 0.103. The number of likely N-dealkylation sites (tertiary alicyclic amines) is 1. The third-order valence-electron chi connectivity index (χ3n) is 7.44. The van der Waals surface area contributed by atoms with E-state index < -0.39 is 5.97 Å². The number of rotatable bonds is 7. The molecule has 9 heteroatoms. The van der Waals surface area contributed by atoms with E-state index in [-0.39, 0.29) is 11.8 Å². The molecule has 2 fully saturated rings. The Hall–Kier alpha value is -3.10. The van der Waals surface area contributed by atoms with Gasteiger partial charge in [0, 0.05) is 47.7 Å². The van der Waals surface area contributed by atoms with E-state index in [0.717, 1.165) is 59.0 Å². The Morgan fingerprint density at radius 3 is 2.55 bits per heavy atom. The van der Waals surface area contributed by atoms with Gasteiger partial charge in [0.1, 0.15) is 12.4 Å². The van der Waals surface area contributed by atoms with Crippen LogP contribution in [0, 0.1) is 12.8 Å². The fraction of sp³-hybridized carbons (Fsp3) is 0.414. The predicted octanol–water partition coefficient (Wildman–Crippen LogP) is 6.28. The van der Waals surface area contributed by atoms with E-state index in [1.165, 1.54) is 6.42 Å². The molecule has 3 heterocycles. The van der Waals surface area contributed by atoms with Crippen LogP contribution in [0.25, 0.3) is 11.3 Å². The molecule has 38 heavy (non-hydrogen) atoms. The second kappa shape index (κ2) is 11.7. The second-order valence-corrected chi connectivity index (χ2v) is 11.3. The van der Waals surface area contributed by atoms with Crippen molar-refractivity contribution in [3.8, 4) is 17.0 Å². The maximum absolute atomic E-state index is 12.9. The number of nitrogens with zero attached hydrogens (tertiary/aromatic N) is 3. The van der Waals surface area contributed by atoms with Gasteiger partial charge in [-0.25, -0.2) is 4.98 Å². The van der Waals surface area contributed by atoms with Crippen molar-refractivity contribution in [3.63, 3.8) is 0 Å². The van der Waals surface area contributed by atoms with Crippen LogP contribution in [0.4, 0.5) is 5.13 Å². The summed E-state index contributed by atoms with van der Waals surface area (Å²) in [6.45, 7) is 5.39. The number of benzene rings is 2. The average molecular weight is 554 g/mol. The number of carbonyl (C=O) groups excluding carboxylic acids is 1. The van der Waals surface area contributed by atoms with Crippen molar-refractivity contribution in [2.75, 3.05) is 31.1 Å². The lowest BCUT2D eigenvalue weighted by Gasteiger charge is -2.29. The monoisotopic (exact) mass is 553 g/mol. The lowest BCUT2D eigenvalue weighted by Crippen LogP contribution is -2.36. The van der Waals surface area contributed by atoms with Crippen LogP contribution in [-0.4, -0.2) is 53.0 Å². The van der Waals surface area contributed by atoms with Crippen LogP contribution in [-0.2, 0) is 11.4 Å². The largest absolute Gasteiger partial charge is 0.488 e. The number of carbonyl (C=O) groups is 2. The normalized spacial score (nSPS) is 16.5. The van der Waals surface area contributed by atoms with E-state index in [0.29, 0.717) is 43.3 Å². The molecule has 200 valence electrons. The van der Waals surface area contributed by atoms with Gasteiger partial charge in [-0.3, -0.25) is 9.59 Å².